The first-order valence-corrected chi connectivity index (χ1v) is 7.68. The van der Waals surface area contributed by atoms with Crippen molar-refractivity contribution < 1.29 is 0 Å². The molecule has 0 aliphatic carbocycles. The van der Waals surface area contributed by atoms with Crippen molar-refractivity contribution in [3.63, 3.8) is 0 Å². The molecule has 114 valence electrons. The minimum absolute atomic E-state index is 0.406. The molecule has 0 aliphatic rings. The van der Waals surface area contributed by atoms with E-state index < -0.39 is 5.69 Å². The largest absolute Gasteiger partial charge is 0.345 e. The van der Waals surface area contributed by atoms with Gasteiger partial charge in [0.15, 0.2) is 0 Å². The fourth-order valence-electron chi connectivity index (χ4n) is 2.17. The van der Waals surface area contributed by atoms with Crippen LogP contribution in [-0.4, -0.2) is 9.97 Å². The summed E-state index contributed by atoms with van der Waals surface area (Å²) >= 11 is 12.3. The van der Waals surface area contributed by atoms with Gasteiger partial charge in [-0.2, -0.15) is 4.98 Å². The van der Waals surface area contributed by atoms with Crippen LogP contribution < -0.4 is 5.69 Å². The summed E-state index contributed by atoms with van der Waals surface area (Å²) in [5.74, 6) is 0. The number of nitrogens with one attached hydrogen (secondary N) is 1. The minimum atomic E-state index is -0.406. The average Bonchev–Trinajstić information content (AvgIpc) is 2.55. The van der Waals surface area contributed by atoms with Gasteiger partial charge in [0.25, 0.3) is 0 Å². The van der Waals surface area contributed by atoms with Gasteiger partial charge in [-0.25, -0.2) is 4.79 Å². The Morgan fingerprint density at radius 1 is 0.913 bits per heavy atom. The molecule has 5 heteroatoms. The smallest absolute Gasteiger partial charge is 0.306 e. The zero-order valence-corrected chi connectivity index (χ0v) is 13.5. The van der Waals surface area contributed by atoms with Crippen LogP contribution in [0.3, 0.4) is 0 Å². The molecule has 0 fully saturated rings. The van der Waals surface area contributed by atoms with E-state index in [1.54, 1.807) is 36.4 Å². The molecule has 0 saturated carbocycles. The maximum absolute atomic E-state index is 11.8. The molecule has 0 spiro atoms. The van der Waals surface area contributed by atoms with Gasteiger partial charge >= 0.3 is 5.69 Å². The number of nitrogens with zero attached hydrogens (tertiary/aromatic N) is 1. The Morgan fingerprint density at radius 3 is 2.30 bits per heavy atom. The molecular formula is C18H12Cl2N2O. The summed E-state index contributed by atoms with van der Waals surface area (Å²) in [5, 5.41) is 1.10. The highest BCUT2D eigenvalue weighted by Gasteiger charge is 2.04. The van der Waals surface area contributed by atoms with Crippen molar-refractivity contribution in [1.29, 1.82) is 0 Å². The fraction of sp³-hybridized carbons (Fsp3) is 0. The first kappa shape index (κ1) is 15.5. The number of aromatic amines is 1. The zero-order chi connectivity index (χ0) is 16.2. The summed E-state index contributed by atoms with van der Waals surface area (Å²) in [6.45, 7) is 0. The van der Waals surface area contributed by atoms with E-state index in [1.807, 2.05) is 30.3 Å². The van der Waals surface area contributed by atoms with Crippen molar-refractivity contribution in [1.82, 2.24) is 9.97 Å². The summed E-state index contributed by atoms with van der Waals surface area (Å²) < 4.78 is 0. The standard InChI is InChI=1S/C18H12Cl2N2O/c19-15-7-4-8-16(20)14(15)10-9-13-11-17(22-18(23)21-13)12-5-2-1-3-6-12/h1-11H,(H,21,22,23)/b10-9+. The average molecular weight is 343 g/mol. The van der Waals surface area contributed by atoms with E-state index in [-0.39, 0.29) is 0 Å². The van der Waals surface area contributed by atoms with Crippen LogP contribution in [0, 0.1) is 0 Å². The van der Waals surface area contributed by atoms with Gasteiger partial charge in [-0.05, 0) is 30.4 Å². The number of hydrogen-bond acceptors (Lipinski definition) is 2. The van der Waals surface area contributed by atoms with Crippen LogP contribution >= 0.6 is 23.2 Å². The summed E-state index contributed by atoms with van der Waals surface area (Å²) in [4.78, 5) is 18.5. The summed E-state index contributed by atoms with van der Waals surface area (Å²) in [6, 6.07) is 16.6. The van der Waals surface area contributed by atoms with E-state index in [0.717, 1.165) is 5.56 Å². The Bertz CT molecular complexity index is 898. The number of halogens is 2. The van der Waals surface area contributed by atoms with Gasteiger partial charge in [0.1, 0.15) is 0 Å². The van der Waals surface area contributed by atoms with Crippen LogP contribution in [0.1, 0.15) is 11.3 Å². The Morgan fingerprint density at radius 2 is 1.61 bits per heavy atom. The normalized spacial score (nSPS) is 11.0. The number of rotatable bonds is 3. The monoisotopic (exact) mass is 342 g/mol. The lowest BCUT2D eigenvalue weighted by molar-refractivity contribution is 1.07. The van der Waals surface area contributed by atoms with Crippen molar-refractivity contribution in [3.8, 4) is 11.3 Å². The molecule has 0 bridgehead atoms. The topological polar surface area (TPSA) is 45.8 Å². The van der Waals surface area contributed by atoms with Crippen LogP contribution in [0.25, 0.3) is 23.4 Å². The Balaban J connectivity index is 2.00. The van der Waals surface area contributed by atoms with Gasteiger partial charge in [-0.1, -0.05) is 59.6 Å². The van der Waals surface area contributed by atoms with Crippen molar-refractivity contribution >= 4 is 35.4 Å². The summed E-state index contributed by atoms with van der Waals surface area (Å²) in [6.07, 6.45) is 3.52. The van der Waals surface area contributed by atoms with Crippen molar-refractivity contribution in [3.05, 3.63) is 86.4 Å². The molecule has 0 atom stereocenters. The molecule has 0 saturated heterocycles. The second kappa shape index (κ2) is 6.82. The molecule has 3 rings (SSSR count). The van der Waals surface area contributed by atoms with Gasteiger partial charge in [-0.15, -0.1) is 0 Å². The maximum atomic E-state index is 11.8. The van der Waals surface area contributed by atoms with E-state index in [2.05, 4.69) is 9.97 Å². The Hall–Kier alpha value is -2.36. The number of benzene rings is 2. The molecule has 3 aromatic rings. The molecule has 1 N–H and O–H groups in total. The molecule has 0 amide bonds. The molecule has 0 radical (unpaired) electrons. The van der Waals surface area contributed by atoms with Gasteiger partial charge in [0.05, 0.1) is 5.69 Å². The first-order chi connectivity index (χ1) is 11.1. The van der Waals surface area contributed by atoms with Crippen LogP contribution in [0.5, 0.6) is 0 Å². The van der Waals surface area contributed by atoms with E-state index >= 15 is 0 Å². The predicted molar refractivity (Wildman–Crippen MR) is 95.7 cm³/mol. The highest BCUT2D eigenvalue weighted by atomic mass is 35.5. The van der Waals surface area contributed by atoms with Gasteiger partial charge in [-0.3, -0.25) is 0 Å². The van der Waals surface area contributed by atoms with Crippen molar-refractivity contribution in [2.45, 2.75) is 0 Å². The van der Waals surface area contributed by atoms with Crippen LogP contribution in [-0.2, 0) is 0 Å². The molecule has 0 unspecified atom stereocenters. The zero-order valence-electron chi connectivity index (χ0n) is 12.0. The molecular weight excluding hydrogens is 331 g/mol. The second-order valence-corrected chi connectivity index (χ2v) is 5.68. The third kappa shape index (κ3) is 3.70. The molecule has 3 nitrogen and oxygen atoms in total. The van der Waals surface area contributed by atoms with E-state index in [9.17, 15) is 4.79 Å². The lowest BCUT2D eigenvalue weighted by Crippen LogP contribution is -2.12. The van der Waals surface area contributed by atoms with E-state index in [1.165, 1.54) is 0 Å². The summed E-state index contributed by atoms with van der Waals surface area (Å²) in [5.41, 5.74) is 2.41. The number of aromatic nitrogens is 2. The Kier molecular flexibility index (Phi) is 4.60. The lowest BCUT2D eigenvalue weighted by Gasteiger charge is -2.03. The number of hydrogen-bond donors (Lipinski definition) is 1. The predicted octanol–water partition coefficient (Wildman–Crippen LogP) is 4.91. The first-order valence-electron chi connectivity index (χ1n) is 6.92. The van der Waals surface area contributed by atoms with Crippen LogP contribution in [0.4, 0.5) is 0 Å². The summed E-state index contributed by atoms with van der Waals surface area (Å²) in [7, 11) is 0. The maximum Gasteiger partial charge on any atom is 0.345 e. The molecule has 1 heterocycles. The Labute approximate surface area is 143 Å². The van der Waals surface area contributed by atoms with E-state index in [0.29, 0.717) is 27.0 Å². The van der Waals surface area contributed by atoms with Crippen molar-refractivity contribution in [2.24, 2.45) is 0 Å². The number of H-pyrrole nitrogens is 1. The third-order valence-corrected chi connectivity index (χ3v) is 3.92. The fourth-order valence-corrected chi connectivity index (χ4v) is 2.69. The van der Waals surface area contributed by atoms with Crippen molar-refractivity contribution in [2.75, 3.05) is 0 Å². The molecule has 0 aliphatic heterocycles. The molecule has 1 aromatic heterocycles. The van der Waals surface area contributed by atoms with Gasteiger partial charge < -0.3 is 4.98 Å². The van der Waals surface area contributed by atoms with E-state index in [4.69, 9.17) is 23.2 Å². The quantitative estimate of drug-likeness (QED) is 0.734. The molecule has 23 heavy (non-hydrogen) atoms. The van der Waals surface area contributed by atoms with Crippen LogP contribution in [0.15, 0.2) is 59.4 Å². The molecule has 2 aromatic carbocycles. The van der Waals surface area contributed by atoms with Gasteiger partial charge in [0, 0.05) is 26.9 Å². The van der Waals surface area contributed by atoms with Gasteiger partial charge in [0.2, 0.25) is 0 Å². The lowest BCUT2D eigenvalue weighted by atomic mass is 10.1. The highest BCUT2D eigenvalue weighted by molar-refractivity contribution is 6.37. The third-order valence-electron chi connectivity index (χ3n) is 3.26. The van der Waals surface area contributed by atoms with Crippen LogP contribution in [0.2, 0.25) is 10.0 Å². The highest BCUT2D eigenvalue weighted by Crippen LogP contribution is 2.26. The minimum Gasteiger partial charge on any atom is -0.306 e. The second-order valence-electron chi connectivity index (χ2n) is 4.86. The SMILES string of the molecule is O=c1nc(-c2ccccc2)cc(/C=C/c2c(Cl)cccc2Cl)[nH]1.